The van der Waals surface area contributed by atoms with Gasteiger partial charge in [-0.1, -0.05) is 18.2 Å². The largest absolute Gasteiger partial charge is 0.324 e. The van der Waals surface area contributed by atoms with Crippen molar-refractivity contribution in [3.63, 3.8) is 0 Å². The van der Waals surface area contributed by atoms with Gasteiger partial charge in [-0.3, -0.25) is 14.7 Å². The van der Waals surface area contributed by atoms with Gasteiger partial charge >= 0.3 is 0 Å². The third-order valence-electron chi connectivity index (χ3n) is 7.42. The summed E-state index contributed by atoms with van der Waals surface area (Å²) in [4.78, 5) is 34.0. The zero-order valence-corrected chi connectivity index (χ0v) is 24.6. The zero-order valence-electron chi connectivity index (χ0n) is 24.6. The highest BCUT2D eigenvalue weighted by molar-refractivity contribution is 6.07. The van der Waals surface area contributed by atoms with E-state index in [1.807, 2.05) is 60.4 Å². The fraction of sp³-hybridized carbons (Fsp3) is 0.333. The Labute approximate surface area is 243 Å². The van der Waals surface area contributed by atoms with Gasteiger partial charge in [0.15, 0.2) is 0 Å². The first-order valence-electron chi connectivity index (χ1n) is 14.1. The number of amides is 1. The maximum Gasteiger partial charge on any atom is 0.258 e. The summed E-state index contributed by atoms with van der Waals surface area (Å²) in [5.41, 5.74) is 5.83. The van der Waals surface area contributed by atoms with E-state index in [1.165, 1.54) is 5.56 Å². The first-order chi connectivity index (χ1) is 19.7. The molecule has 4 aromatic rings. The zero-order chi connectivity index (χ0) is 29.0. The molecule has 0 saturated carbocycles. The Morgan fingerprint density at radius 1 is 0.976 bits per heavy atom. The fourth-order valence-electron chi connectivity index (χ4n) is 5.05. The molecule has 1 fully saturated rings. The van der Waals surface area contributed by atoms with Gasteiger partial charge in [0, 0.05) is 79.4 Å². The van der Waals surface area contributed by atoms with E-state index in [2.05, 4.69) is 65.0 Å². The standard InChI is InChI=1S/C33H39N7O/c1-24-8-13-28(21-30(24)37-32-35-16-14-29(36-32)27-7-6-15-34-22-27)40(33(2,3)4)31(41)26-11-9-25(10-12-26)23-39-19-17-38(5)18-20-39/h6-16,21-22H,17-20,23H2,1-5H3,(H,35,36,37). The van der Waals surface area contributed by atoms with Crippen molar-refractivity contribution in [1.82, 2.24) is 24.8 Å². The number of rotatable bonds is 7. The number of benzene rings is 2. The second-order valence-electron chi connectivity index (χ2n) is 11.7. The molecule has 8 nitrogen and oxygen atoms in total. The molecule has 2 aromatic heterocycles. The van der Waals surface area contributed by atoms with E-state index in [4.69, 9.17) is 4.98 Å². The van der Waals surface area contributed by atoms with E-state index < -0.39 is 5.54 Å². The molecule has 1 amide bonds. The van der Waals surface area contributed by atoms with Gasteiger partial charge in [0.05, 0.1) is 5.69 Å². The number of nitrogens with one attached hydrogen (secondary N) is 1. The molecule has 0 radical (unpaired) electrons. The molecule has 1 aliphatic heterocycles. The maximum absolute atomic E-state index is 13.9. The Balaban J connectivity index is 1.36. The minimum atomic E-state index is -0.446. The highest BCUT2D eigenvalue weighted by Crippen LogP contribution is 2.31. The van der Waals surface area contributed by atoms with Gasteiger partial charge in [-0.25, -0.2) is 9.97 Å². The molecule has 1 aliphatic rings. The lowest BCUT2D eigenvalue weighted by Gasteiger charge is -2.36. The van der Waals surface area contributed by atoms with Crippen molar-refractivity contribution in [3.8, 4) is 11.3 Å². The number of aryl methyl sites for hydroxylation is 1. The summed E-state index contributed by atoms with van der Waals surface area (Å²) in [6, 6.07) is 19.8. The molecule has 1 saturated heterocycles. The normalized spacial score (nSPS) is 14.6. The Hall–Kier alpha value is -4.14. The lowest BCUT2D eigenvalue weighted by Crippen LogP contribution is -2.46. The molecule has 41 heavy (non-hydrogen) atoms. The predicted molar refractivity (Wildman–Crippen MR) is 166 cm³/mol. The van der Waals surface area contributed by atoms with Crippen LogP contribution < -0.4 is 10.2 Å². The van der Waals surface area contributed by atoms with Crippen LogP contribution in [0.5, 0.6) is 0 Å². The number of nitrogens with zero attached hydrogens (tertiary/aromatic N) is 6. The number of likely N-dealkylation sites (N-methyl/N-ethyl adjacent to an activating group) is 1. The highest BCUT2D eigenvalue weighted by Gasteiger charge is 2.29. The number of pyridine rings is 1. The van der Waals surface area contributed by atoms with Gasteiger partial charge in [0.2, 0.25) is 5.95 Å². The third kappa shape index (κ3) is 6.96. The topological polar surface area (TPSA) is 77.5 Å². The first-order valence-corrected chi connectivity index (χ1v) is 14.1. The minimum Gasteiger partial charge on any atom is -0.324 e. The first kappa shape index (κ1) is 28.4. The van der Waals surface area contributed by atoms with E-state index in [1.54, 1.807) is 18.6 Å². The number of piperazine rings is 1. The van der Waals surface area contributed by atoms with Crippen molar-refractivity contribution >= 4 is 23.2 Å². The molecule has 0 unspecified atom stereocenters. The number of carbonyl (C=O) groups excluding carboxylic acids is 1. The molecular formula is C33H39N7O. The van der Waals surface area contributed by atoms with Crippen LogP contribution in [0.1, 0.15) is 42.3 Å². The Morgan fingerprint density at radius 2 is 1.73 bits per heavy atom. The highest BCUT2D eigenvalue weighted by atomic mass is 16.2. The van der Waals surface area contributed by atoms with E-state index in [9.17, 15) is 4.79 Å². The summed E-state index contributed by atoms with van der Waals surface area (Å²) >= 11 is 0. The van der Waals surface area contributed by atoms with E-state index in [0.717, 1.165) is 60.9 Å². The van der Waals surface area contributed by atoms with Crippen LogP contribution >= 0.6 is 0 Å². The summed E-state index contributed by atoms with van der Waals surface area (Å²) in [7, 11) is 2.17. The van der Waals surface area contributed by atoms with Crippen LogP contribution in [0.2, 0.25) is 0 Å². The van der Waals surface area contributed by atoms with Crippen LogP contribution in [-0.2, 0) is 6.54 Å². The molecule has 0 aliphatic carbocycles. The predicted octanol–water partition coefficient (Wildman–Crippen LogP) is 5.78. The monoisotopic (exact) mass is 549 g/mol. The van der Waals surface area contributed by atoms with Gasteiger partial charge in [-0.05, 0) is 88.3 Å². The smallest absolute Gasteiger partial charge is 0.258 e. The second-order valence-corrected chi connectivity index (χ2v) is 11.7. The van der Waals surface area contributed by atoms with Crippen molar-refractivity contribution in [2.45, 2.75) is 39.8 Å². The Morgan fingerprint density at radius 3 is 2.41 bits per heavy atom. The number of anilines is 3. The summed E-state index contributed by atoms with van der Waals surface area (Å²) in [5.74, 6) is 0.449. The summed E-state index contributed by atoms with van der Waals surface area (Å²) < 4.78 is 0. The van der Waals surface area contributed by atoms with Crippen molar-refractivity contribution in [2.24, 2.45) is 0 Å². The third-order valence-corrected chi connectivity index (χ3v) is 7.42. The van der Waals surface area contributed by atoms with Gasteiger partial charge < -0.3 is 15.1 Å². The van der Waals surface area contributed by atoms with E-state index in [0.29, 0.717) is 11.5 Å². The minimum absolute atomic E-state index is 0.0340. The number of aromatic nitrogens is 3. The van der Waals surface area contributed by atoms with Crippen LogP contribution in [0.15, 0.2) is 79.3 Å². The van der Waals surface area contributed by atoms with Gasteiger partial charge in [0.25, 0.3) is 5.91 Å². The van der Waals surface area contributed by atoms with Crippen molar-refractivity contribution in [3.05, 3.63) is 95.9 Å². The second kappa shape index (κ2) is 12.2. The Kier molecular flexibility index (Phi) is 8.42. The van der Waals surface area contributed by atoms with E-state index in [-0.39, 0.29) is 5.91 Å². The molecule has 8 heteroatoms. The van der Waals surface area contributed by atoms with Crippen LogP contribution in [0.3, 0.4) is 0 Å². The molecule has 5 rings (SSSR count). The molecule has 1 N–H and O–H groups in total. The van der Waals surface area contributed by atoms with Gasteiger partial charge in [-0.2, -0.15) is 0 Å². The summed E-state index contributed by atoms with van der Waals surface area (Å²) in [6.07, 6.45) is 5.25. The van der Waals surface area contributed by atoms with Crippen molar-refractivity contribution in [2.75, 3.05) is 43.4 Å². The average Bonchev–Trinajstić information content (AvgIpc) is 2.96. The molecule has 212 valence electrons. The van der Waals surface area contributed by atoms with Gasteiger partial charge in [-0.15, -0.1) is 0 Å². The summed E-state index contributed by atoms with van der Waals surface area (Å²) in [6.45, 7) is 13.4. The van der Waals surface area contributed by atoms with Crippen LogP contribution in [0.4, 0.5) is 17.3 Å². The van der Waals surface area contributed by atoms with Crippen LogP contribution in [-0.4, -0.2) is 69.4 Å². The Bertz CT molecular complexity index is 1470. The van der Waals surface area contributed by atoms with E-state index >= 15 is 0 Å². The molecule has 0 bridgehead atoms. The molecule has 0 atom stereocenters. The van der Waals surface area contributed by atoms with Crippen molar-refractivity contribution in [1.29, 1.82) is 0 Å². The lowest BCUT2D eigenvalue weighted by molar-refractivity contribution is 0.0966. The summed E-state index contributed by atoms with van der Waals surface area (Å²) in [5, 5.41) is 3.37. The maximum atomic E-state index is 13.9. The molecule has 0 spiro atoms. The molecule has 2 aromatic carbocycles. The quantitative estimate of drug-likeness (QED) is 0.313. The molecular weight excluding hydrogens is 510 g/mol. The number of hydrogen-bond donors (Lipinski definition) is 1. The molecule has 3 heterocycles. The fourth-order valence-corrected chi connectivity index (χ4v) is 5.05. The van der Waals surface area contributed by atoms with Crippen molar-refractivity contribution < 1.29 is 4.79 Å². The average molecular weight is 550 g/mol. The van der Waals surface area contributed by atoms with Gasteiger partial charge in [0.1, 0.15) is 0 Å². The van der Waals surface area contributed by atoms with Crippen LogP contribution in [0.25, 0.3) is 11.3 Å². The SMILES string of the molecule is Cc1ccc(N(C(=O)c2ccc(CN3CCN(C)CC3)cc2)C(C)(C)C)cc1Nc1nccc(-c2cccnc2)n1. The number of carbonyl (C=O) groups is 1. The lowest BCUT2D eigenvalue weighted by atomic mass is 10.0. The van der Waals surface area contributed by atoms with Crippen LogP contribution in [0, 0.1) is 6.92 Å². The number of hydrogen-bond acceptors (Lipinski definition) is 7.